The molecule has 0 aliphatic carbocycles. The highest BCUT2D eigenvalue weighted by atomic mass is 32.1. The lowest BCUT2D eigenvalue weighted by molar-refractivity contribution is -0.125. The van der Waals surface area contributed by atoms with Crippen LogP contribution in [0, 0.1) is 0 Å². The van der Waals surface area contributed by atoms with Crippen molar-refractivity contribution in [1.29, 1.82) is 0 Å². The predicted octanol–water partition coefficient (Wildman–Crippen LogP) is 2.59. The van der Waals surface area contributed by atoms with Gasteiger partial charge in [-0.1, -0.05) is 12.1 Å². The average Bonchev–Trinajstić information content (AvgIpc) is 3.13. The first kappa shape index (κ1) is 14.3. The monoisotopic (exact) mass is 316 g/mol. The summed E-state index contributed by atoms with van der Waals surface area (Å²) in [4.78, 5) is 27.2. The van der Waals surface area contributed by atoms with Crippen molar-refractivity contribution in [3.05, 3.63) is 42.2 Å². The lowest BCUT2D eigenvalue weighted by Gasteiger charge is -2.07. The number of esters is 1. The maximum atomic E-state index is 11.8. The third kappa shape index (κ3) is 2.71. The molecule has 1 aromatic carbocycles. The number of furan rings is 1. The largest absolute Gasteiger partial charge is 0.447 e. The van der Waals surface area contributed by atoms with Gasteiger partial charge in [0.25, 0.3) is 5.91 Å². The van der Waals surface area contributed by atoms with Crippen molar-refractivity contribution >= 4 is 33.4 Å². The van der Waals surface area contributed by atoms with Crippen molar-refractivity contribution in [1.82, 2.24) is 4.98 Å². The molecule has 0 fully saturated rings. The first-order valence-electron chi connectivity index (χ1n) is 6.50. The number of primary amides is 1. The van der Waals surface area contributed by atoms with Crippen LogP contribution >= 0.6 is 11.3 Å². The van der Waals surface area contributed by atoms with Gasteiger partial charge in [-0.25, -0.2) is 9.78 Å². The minimum absolute atomic E-state index is 0.00218. The minimum atomic E-state index is -1.01. The molecule has 0 aliphatic rings. The Labute approximate surface area is 129 Å². The van der Waals surface area contributed by atoms with E-state index in [0.29, 0.717) is 10.8 Å². The van der Waals surface area contributed by atoms with Crippen molar-refractivity contribution in [3.8, 4) is 10.8 Å². The topological polar surface area (TPSA) is 95.4 Å². The van der Waals surface area contributed by atoms with E-state index in [4.69, 9.17) is 14.9 Å². The van der Waals surface area contributed by atoms with E-state index in [9.17, 15) is 9.59 Å². The molecular formula is C15H12N2O4S. The summed E-state index contributed by atoms with van der Waals surface area (Å²) in [5, 5.41) is 0.670. The molecule has 112 valence electrons. The molecule has 2 heterocycles. The third-order valence-corrected chi connectivity index (χ3v) is 4.05. The van der Waals surface area contributed by atoms with Gasteiger partial charge in [-0.05, 0) is 31.2 Å². The number of aromatic nitrogens is 1. The molecule has 0 bridgehead atoms. The number of fused-ring (bicyclic) bond motifs is 1. The molecule has 6 nitrogen and oxygen atoms in total. The number of hydrogen-bond donors (Lipinski definition) is 1. The van der Waals surface area contributed by atoms with Crippen LogP contribution in [0.25, 0.3) is 21.0 Å². The number of para-hydroxylation sites is 1. The van der Waals surface area contributed by atoms with Crippen LogP contribution in [0.3, 0.4) is 0 Å². The van der Waals surface area contributed by atoms with Crippen molar-refractivity contribution in [2.24, 2.45) is 5.73 Å². The van der Waals surface area contributed by atoms with Crippen molar-refractivity contribution in [2.45, 2.75) is 13.0 Å². The maximum absolute atomic E-state index is 11.8. The number of rotatable bonds is 4. The predicted molar refractivity (Wildman–Crippen MR) is 81.4 cm³/mol. The van der Waals surface area contributed by atoms with Crippen molar-refractivity contribution < 1.29 is 18.7 Å². The van der Waals surface area contributed by atoms with Gasteiger partial charge in [0.2, 0.25) is 5.76 Å². The van der Waals surface area contributed by atoms with Crippen LogP contribution in [0.15, 0.2) is 40.8 Å². The lowest BCUT2D eigenvalue weighted by atomic mass is 10.3. The molecule has 0 saturated carbocycles. The summed E-state index contributed by atoms with van der Waals surface area (Å²) in [6, 6.07) is 10.8. The summed E-state index contributed by atoms with van der Waals surface area (Å²) in [5.41, 5.74) is 5.91. The number of benzene rings is 1. The van der Waals surface area contributed by atoms with Crippen LogP contribution in [0.4, 0.5) is 0 Å². The summed E-state index contributed by atoms with van der Waals surface area (Å²) in [6.07, 6.45) is -1.01. The zero-order chi connectivity index (χ0) is 15.7. The van der Waals surface area contributed by atoms with Gasteiger partial charge in [-0.15, -0.1) is 11.3 Å². The van der Waals surface area contributed by atoms with E-state index < -0.39 is 18.0 Å². The van der Waals surface area contributed by atoms with Crippen LogP contribution in [0.1, 0.15) is 17.5 Å². The Balaban J connectivity index is 1.84. The van der Waals surface area contributed by atoms with Gasteiger partial charge in [0, 0.05) is 0 Å². The van der Waals surface area contributed by atoms with Gasteiger partial charge in [0.15, 0.2) is 16.9 Å². The Morgan fingerprint density at radius 1 is 1.27 bits per heavy atom. The normalized spacial score (nSPS) is 12.2. The maximum Gasteiger partial charge on any atom is 0.375 e. The van der Waals surface area contributed by atoms with E-state index in [1.165, 1.54) is 24.3 Å². The van der Waals surface area contributed by atoms with E-state index >= 15 is 0 Å². The second kappa shape index (κ2) is 5.61. The van der Waals surface area contributed by atoms with E-state index in [1.54, 1.807) is 6.07 Å². The molecule has 0 unspecified atom stereocenters. The molecule has 0 radical (unpaired) electrons. The highest BCUT2D eigenvalue weighted by Crippen LogP contribution is 2.31. The first-order valence-corrected chi connectivity index (χ1v) is 7.32. The van der Waals surface area contributed by atoms with Crippen LogP contribution in [-0.2, 0) is 9.53 Å². The second-order valence-electron chi connectivity index (χ2n) is 4.60. The molecule has 3 aromatic rings. The van der Waals surface area contributed by atoms with Crippen LogP contribution in [0.2, 0.25) is 0 Å². The SMILES string of the molecule is C[C@@H](OC(=O)c1ccc(-c2nc3ccccc3s2)o1)C(N)=O. The number of nitrogens with zero attached hydrogens (tertiary/aromatic N) is 1. The fraction of sp³-hybridized carbons (Fsp3) is 0.133. The Morgan fingerprint density at radius 2 is 2.05 bits per heavy atom. The fourth-order valence-electron chi connectivity index (χ4n) is 1.82. The average molecular weight is 316 g/mol. The molecule has 1 amide bonds. The van der Waals surface area contributed by atoms with Crippen LogP contribution < -0.4 is 5.73 Å². The first-order chi connectivity index (χ1) is 10.5. The fourth-order valence-corrected chi connectivity index (χ4v) is 2.74. The summed E-state index contributed by atoms with van der Waals surface area (Å²) in [6.45, 7) is 1.40. The lowest BCUT2D eigenvalue weighted by Crippen LogP contribution is -2.30. The second-order valence-corrected chi connectivity index (χ2v) is 5.63. The summed E-state index contributed by atoms with van der Waals surface area (Å²) < 4.78 is 11.4. The Morgan fingerprint density at radius 3 is 2.77 bits per heavy atom. The summed E-state index contributed by atoms with van der Waals surface area (Å²) >= 11 is 1.46. The standard InChI is InChI=1S/C15H12N2O4S/c1-8(13(16)18)20-15(19)11-7-6-10(21-11)14-17-9-4-2-3-5-12(9)22-14/h2-8H,1H3,(H2,16,18)/t8-/m1/s1. The molecule has 22 heavy (non-hydrogen) atoms. The van der Waals surface area contributed by atoms with Gasteiger partial charge in [-0.2, -0.15) is 0 Å². The van der Waals surface area contributed by atoms with Crippen LogP contribution in [-0.4, -0.2) is 23.0 Å². The molecule has 0 aliphatic heterocycles. The molecule has 0 saturated heterocycles. The molecule has 2 aromatic heterocycles. The highest BCUT2D eigenvalue weighted by Gasteiger charge is 2.20. The Bertz CT molecular complexity index is 819. The molecule has 2 N–H and O–H groups in total. The van der Waals surface area contributed by atoms with E-state index in [1.807, 2.05) is 24.3 Å². The quantitative estimate of drug-likeness (QED) is 0.746. The van der Waals surface area contributed by atoms with Crippen molar-refractivity contribution in [3.63, 3.8) is 0 Å². The zero-order valence-electron chi connectivity index (χ0n) is 11.6. The van der Waals surface area contributed by atoms with Gasteiger partial charge in [-0.3, -0.25) is 4.79 Å². The van der Waals surface area contributed by atoms with Gasteiger partial charge < -0.3 is 14.9 Å². The number of carbonyl (C=O) groups excluding carboxylic acids is 2. The molecule has 3 rings (SSSR count). The van der Waals surface area contributed by atoms with Gasteiger partial charge in [0.1, 0.15) is 0 Å². The number of carbonyl (C=O) groups is 2. The number of amides is 1. The molecule has 1 atom stereocenters. The number of hydrogen-bond acceptors (Lipinski definition) is 6. The zero-order valence-corrected chi connectivity index (χ0v) is 12.4. The molecule has 0 spiro atoms. The van der Waals surface area contributed by atoms with E-state index in [0.717, 1.165) is 10.2 Å². The summed E-state index contributed by atoms with van der Waals surface area (Å²) in [5.74, 6) is -0.979. The number of nitrogens with two attached hydrogens (primary N) is 1. The minimum Gasteiger partial charge on any atom is -0.447 e. The number of ether oxygens (including phenoxy) is 1. The third-order valence-electron chi connectivity index (χ3n) is 3.00. The molecular weight excluding hydrogens is 304 g/mol. The van der Waals surface area contributed by atoms with E-state index in [2.05, 4.69) is 4.98 Å². The van der Waals surface area contributed by atoms with E-state index in [-0.39, 0.29) is 5.76 Å². The smallest absolute Gasteiger partial charge is 0.375 e. The van der Waals surface area contributed by atoms with Crippen LogP contribution in [0.5, 0.6) is 0 Å². The van der Waals surface area contributed by atoms with Gasteiger partial charge in [0.05, 0.1) is 10.2 Å². The summed E-state index contributed by atoms with van der Waals surface area (Å²) in [7, 11) is 0. The van der Waals surface area contributed by atoms with Gasteiger partial charge >= 0.3 is 5.97 Å². The molecule has 7 heteroatoms. The number of thiazole rings is 1. The van der Waals surface area contributed by atoms with Crippen molar-refractivity contribution in [2.75, 3.05) is 0 Å². The Hall–Kier alpha value is -2.67. The highest BCUT2D eigenvalue weighted by molar-refractivity contribution is 7.21. The Kier molecular flexibility index (Phi) is 3.64.